The Bertz CT molecular complexity index is 206. The summed E-state index contributed by atoms with van der Waals surface area (Å²) in [6, 6.07) is -0.282. The molecule has 6 nitrogen and oxygen atoms in total. The number of ether oxygens (including phenoxy) is 1. The van der Waals surface area contributed by atoms with Crippen molar-refractivity contribution in [2.75, 3.05) is 6.61 Å². The Morgan fingerprint density at radius 3 is 2.50 bits per heavy atom. The minimum atomic E-state index is -1.61. The number of carboxylic acid groups (broad SMARTS) is 1. The summed E-state index contributed by atoms with van der Waals surface area (Å²) in [7, 11) is 0. The summed E-state index contributed by atoms with van der Waals surface area (Å²) in [6.07, 6.45) is -1.63. The van der Waals surface area contributed by atoms with Crippen LogP contribution in [-0.2, 0) is 14.3 Å². The lowest BCUT2D eigenvalue weighted by Gasteiger charge is -2.11. The number of esters is 1. The molecule has 0 fully saturated rings. The van der Waals surface area contributed by atoms with E-state index >= 15 is 0 Å². The van der Waals surface area contributed by atoms with Crippen molar-refractivity contribution in [1.82, 2.24) is 0 Å². The van der Waals surface area contributed by atoms with Gasteiger partial charge in [-0.15, -0.1) is 0 Å². The van der Waals surface area contributed by atoms with Crippen LogP contribution in [0.15, 0.2) is 0 Å². The number of aliphatic carboxylic acids is 1. The van der Waals surface area contributed by atoms with E-state index in [-0.39, 0.29) is 12.6 Å². The number of carbonyl (C=O) groups is 2. The fraction of sp³-hybridized carbons (Fsp3) is 0.750. The Balaban J connectivity index is 3.78. The van der Waals surface area contributed by atoms with Gasteiger partial charge >= 0.3 is 11.9 Å². The normalized spacial score (nSPS) is 14.5. The van der Waals surface area contributed by atoms with Gasteiger partial charge in [0.2, 0.25) is 0 Å². The SMILES string of the molecule is CCC(N)COC(=O)C(O)CC(=O)O. The van der Waals surface area contributed by atoms with E-state index < -0.39 is 24.5 Å². The maximum Gasteiger partial charge on any atom is 0.335 e. The molecular formula is C8H15NO5. The minimum Gasteiger partial charge on any atom is -0.481 e. The predicted octanol–water partition coefficient (Wildman–Crippen LogP) is -0.897. The molecule has 2 unspecified atom stereocenters. The van der Waals surface area contributed by atoms with E-state index in [9.17, 15) is 9.59 Å². The van der Waals surface area contributed by atoms with Gasteiger partial charge in [0.1, 0.15) is 6.61 Å². The first-order chi connectivity index (χ1) is 6.47. The quantitative estimate of drug-likeness (QED) is 0.485. The smallest absolute Gasteiger partial charge is 0.335 e. The Hall–Kier alpha value is -1.14. The first-order valence-electron chi connectivity index (χ1n) is 4.29. The number of rotatable bonds is 6. The number of aliphatic hydroxyl groups is 1. The van der Waals surface area contributed by atoms with E-state index in [4.69, 9.17) is 15.9 Å². The molecular weight excluding hydrogens is 190 g/mol. The first-order valence-corrected chi connectivity index (χ1v) is 4.29. The molecule has 2 atom stereocenters. The van der Waals surface area contributed by atoms with Crippen LogP contribution in [0.1, 0.15) is 19.8 Å². The lowest BCUT2D eigenvalue weighted by molar-refractivity contribution is -0.158. The second kappa shape index (κ2) is 6.33. The summed E-state index contributed by atoms with van der Waals surface area (Å²) in [5.74, 6) is -2.20. The van der Waals surface area contributed by atoms with Crippen molar-refractivity contribution in [3.8, 4) is 0 Å². The average molecular weight is 205 g/mol. The van der Waals surface area contributed by atoms with Crippen molar-refractivity contribution in [3.05, 3.63) is 0 Å². The van der Waals surface area contributed by atoms with E-state index in [0.717, 1.165) is 0 Å². The summed E-state index contributed by atoms with van der Waals surface area (Å²) in [5, 5.41) is 17.2. The number of carbonyl (C=O) groups excluding carboxylic acids is 1. The molecule has 0 aliphatic heterocycles. The first kappa shape index (κ1) is 12.9. The van der Waals surface area contributed by atoms with E-state index in [2.05, 4.69) is 4.74 Å². The van der Waals surface area contributed by atoms with Crippen molar-refractivity contribution in [2.24, 2.45) is 5.73 Å². The Labute approximate surface area is 81.7 Å². The van der Waals surface area contributed by atoms with Gasteiger partial charge in [0, 0.05) is 6.04 Å². The van der Waals surface area contributed by atoms with Gasteiger partial charge < -0.3 is 20.7 Å². The lowest BCUT2D eigenvalue weighted by atomic mass is 10.2. The molecule has 0 aliphatic carbocycles. The maximum absolute atomic E-state index is 10.9. The monoisotopic (exact) mass is 205 g/mol. The predicted molar refractivity (Wildman–Crippen MR) is 47.5 cm³/mol. The molecule has 0 bridgehead atoms. The van der Waals surface area contributed by atoms with Gasteiger partial charge in [-0.3, -0.25) is 4.79 Å². The van der Waals surface area contributed by atoms with Crippen LogP contribution >= 0.6 is 0 Å². The van der Waals surface area contributed by atoms with Gasteiger partial charge in [0.05, 0.1) is 6.42 Å². The van der Waals surface area contributed by atoms with Crippen molar-refractivity contribution in [3.63, 3.8) is 0 Å². The molecule has 14 heavy (non-hydrogen) atoms. The summed E-state index contributed by atoms with van der Waals surface area (Å²) in [5.41, 5.74) is 5.45. The van der Waals surface area contributed by atoms with Crippen molar-refractivity contribution in [2.45, 2.75) is 31.9 Å². The Morgan fingerprint density at radius 1 is 1.50 bits per heavy atom. The van der Waals surface area contributed by atoms with Crippen molar-refractivity contribution < 1.29 is 24.5 Å². The fourth-order valence-electron chi connectivity index (χ4n) is 0.652. The molecule has 0 aromatic heterocycles. The molecule has 0 aliphatic rings. The highest BCUT2D eigenvalue weighted by Gasteiger charge is 2.20. The molecule has 0 aromatic rings. The molecule has 4 N–H and O–H groups in total. The standard InChI is InChI=1S/C8H15NO5/c1-2-5(9)4-14-8(13)6(10)3-7(11)12/h5-6,10H,2-4,9H2,1H3,(H,11,12). The number of hydrogen-bond acceptors (Lipinski definition) is 5. The Morgan fingerprint density at radius 2 is 2.07 bits per heavy atom. The molecule has 0 heterocycles. The third kappa shape index (κ3) is 5.50. The second-order valence-corrected chi connectivity index (χ2v) is 2.91. The minimum absolute atomic E-state index is 0.00792. The van der Waals surface area contributed by atoms with Crippen LogP contribution in [0.4, 0.5) is 0 Å². The molecule has 0 saturated heterocycles. The molecule has 0 radical (unpaired) electrons. The summed E-state index contributed by atoms with van der Waals surface area (Å²) in [6.45, 7) is 1.82. The number of hydrogen-bond donors (Lipinski definition) is 3. The third-order valence-electron chi connectivity index (χ3n) is 1.60. The highest BCUT2D eigenvalue weighted by molar-refractivity contribution is 5.80. The zero-order valence-corrected chi connectivity index (χ0v) is 7.97. The van der Waals surface area contributed by atoms with Crippen LogP contribution in [0.5, 0.6) is 0 Å². The summed E-state index contributed by atoms with van der Waals surface area (Å²) >= 11 is 0. The zero-order valence-electron chi connectivity index (χ0n) is 7.97. The van der Waals surface area contributed by atoms with Crippen molar-refractivity contribution >= 4 is 11.9 Å². The van der Waals surface area contributed by atoms with E-state index in [1.165, 1.54) is 0 Å². The van der Waals surface area contributed by atoms with Crippen LogP contribution in [0, 0.1) is 0 Å². The van der Waals surface area contributed by atoms with Gasteiger partial charge in [0.25, 0.3) is 0 Å². The molecule has 0 aromatic carbocycles. The lowest BCUT2D eigenvalue weighted by Crippen LogP contribution is -2.32. The topological polar surface area (TPSA) is 110 Å². The van der Waals surface area contributed by atoms with Gasteiger partial charge in [-0.1, -0.05) is 6.92 Å². The van der Waals surface area contributed by atoms with Crippen LogP contribution in [-0.4, -0.2) is 40.9 Å². The summed E-state index contributed by atoms with van der Waals surface area (Å²) in [4.78, 5) is 21.0. The van der Waals surface area contributed by atoms with Gasteiger partial charge in [-0.2, -0.15) is 0 Å². The average Bonchev–Trinajstić information content (AvgIpc) is 2.12. The largest absolute Gasteiger partial charge is 0.481 e. The van der Waals surface area contributed by atoms with E-state index in [1.54, 1.807) is 0 Å². The van der Waals surface area contributed by atoms with Crippen molar-refractivity contribution in [1.29, 1.82) is 0 Å². The van der Waals surface area contributed by atoms with Gasteiger partial charge in [-0.05, 0) is 6.42 Å². The molecule has 0 spiro atoms. The number of carboxylic acids is 1. The van der Waals surface area contributed by atoms with E-state index in [0.29, 0.717) is 6.42 Å². The van der Waals surface area contributed by atoms with Gasteiger partial charge in [-0.25, -0.2) is 4.79 Å². The maximum atomic E-state index is 10.9. The number of nitrogens with two attached hydrogens (primary N) is 1. The second-order valence-electron chi connectivity index (χ2n) is 2.91. The van der Waals surface area contributed by atoms with Crippen LogP contribution in [0.3, 0.4) is 0 Å². The third-order valence-corrected chi connectivity index (χ3v) is 1.60. The van der Waals surface area contributed by atoms with Crippen LogP contribution < -0.4 is 5.73 Å². The molecule has 0 amide bonds. The van der Waals surface area contributed by atoms with Crippen LogP contribution in [0.25, 0.3) is 0 Å². The van der Waals surface area contributed by atoms with Crippen LogP contribution in [0.2, 0.25) is 0 Å². The molecule has 0 rings (SSSR count). The Kier molecular flexibility index (Phi) is 5.82. The zero-order chi connectivity index (χ0) is 11.1. The highest BCUT2D eigenvalue weighted by atomic mass is 16.5. The molecule has 6 heteroatoms. The molecule has 82 valence electrons. The van der Waals surface area contributed by atoms with Gasteiger partial charge in [0.15, 0.2) is 6.10 Å². The molecule has 0 saturated carbocycles. The number of aliphatic hydroxyl groups excluding tert-OH is 1. The van der Waals surface area contributed by atoms with E-state index in [1.807, 2.05) is 6.92 Å². The summed E-state index contributed by atoms with van der Waals surface area (Å²) < 4.78 is 4.58. The highest BCUT2D eigenvalue weighted by Crippen LogP contribution is 1.97. The fourth-order valence-corrected chi connectivity index (χ4v) is 0.652.